The van der Waals surface area contributed by atoms with Gasteiger partial charge in [0.1, 0.15) is 11.3 Å². The number of benzene rings is 1. The first-order valence-corrected chi connectivity index (χ1v) is 7.20. The highest BCUT2D eigenvalue weighted by molar-refractivity contribution is 6.02. The summed E-state index contributed by atoms with van der Waals surface area (Å²) in [6.07, 6.45) is 2.18. The van der Waals surface area contributed by atoms with Gasteiger partial charge in [-0.3, -0.25) is 15.0 Å². The SMILES string of the molecule is C=CCn1c(=O)c(C(=O)NNC(=C)CC)c(O)c2ccccc21. The lowest BCUT2D eigenvalue weighted by Crippen LogP contribution is -2.40. The predicted molar refractivity (Wildman–Crippen MR) is 90.1 cm³/mol. The van der Waals surface area contributed by atoms with Gasteiger partial charge in [0.25, 0.3) is 11.5 Å². The maximum absolute atomic E-state index is 12.6. The van der Waals surface area contributed by atoms with E-state index in [4.69, 9.17) is 0 Å². The number of nitrogens with zero attached hydrogens (tertiary/aromatic N) is 1. The van der Waals surface area contributed by atoms with Gasteiger partial charge in [-0.15, -0.1) is 6.58 Å². The molecule has 2 aromatic rings. The minimum atomic E-state index is -0.717. The molecule has 1 amide bonds. The molecule has 0 radical (unpaired) electrons. The fourth-order valence-corrected chi connectivity index (χ4v) is 2.20. The highest BCUT2D eigenvalue weighted by Crippen LogP contribution is 2.26. The van der Waals surface area contributed by atoms with Gasteiger partial charge in [0, 0.05) is 17.6 Å². The smallest absolute Gasteiger partial charge is 0.279 e. The Balaban J connectivity index is 2.59. The molecule has 0 unspecified atom stereocenters. The number of pyridine rings is 1. The summed E-state index contributed by atoms with van der Waals surface area (Å²) in [5.74, 6) is -1.06. The molecule has 0 fully saturated rings. The molecule has 2 rings (SSSR count). The number of carbonyl (C=O) groups is 1. The third-order valence-electron chi connectivity index (χ3n) is 3.46. The zero-order chi connectivity index (χ0) is 17.0. The van der Waals surface area contributed by atoms with Gasteiger partial charge in [0.2, 0.25) is 0 Å². The maximum atomic E-state index is 12.6. The number of fused-ring (bicyclic) bond motifs is 1. The van der Waals surface area contributed by atoms with Crippen molar-refractivity contribution < 1.29 is 9.90 Å². The molecule has 0 saturated carbocycles. The lowest BCUT2D eigenvalue weighted by Gasteiger charge is -2.14. The molecular weight excluding hydrogens is 294 g/mol. The number of aromatic hydroxyl groups is 1. The summed E-state index contributed by atoms with van der Waals surface area (Å²) >= 11 is 0. The first-order chi connectivity index (χ1) is 11.0. The van der Waals surface area contributed by atoms with Crippen LogP contribution < -0.4 is 16.4 Å². The number of rotatable bonds is 6. The Bertz CT molecular complexity index is 837. The summed E-state index contributed by atoms with van der Waals surface area (Å²) in [5.41, 5.74) is 5.22. The molecule has 1 aromatic heterocycles. The van der Waals surface area contributed by atoms with Crippen LogP contribution in [-0.2, 0) is 6.54 Å². The number of allylic oxidation sites excluding steroid dienone is 2. The van der Waals surface area contributed by atoms with Crippen LogP contribution in [0.25, 0.3) is 10.9 Å². The Morgan fingerprint density at radius 2 is 2.04 bits per heavy atom. The van der Waals surface area contributed by atoms with Gasteiger partial charge in [-0.05, 0) is 18.6 Å². The fourth-order valence-electron chi connectivity index (χ4n) is 2.20. The van der Waals surface area contributed by atoms with Crippen molar-refractivity contribution in [2.75, 3.05) is 0 Å². The standard InChI is InChI=1S/C17H19N3O3/c1-4-10-20-13-9-7-6-8-12(13)15(21)14(17(20)23)16(22)19-18-11(3)5-2/h4,6-9,18,21H,1,3,5,10H2,2H3,(H,19,22). The number of aromatic nitrogens is 1. The van der Waals surface area contributed by atoms with Crippen molar-refractivity contribution in [2.24, 2.45) is 0 Å². The van der Waals surface area contributed by atoms with Gasteiger partial charge >= 0.3 is 0 Å². The van der Waals surface area contributed by atoms with Crippen molar-refractivity contribution in [1.82, 2.24) is 15.4 Å². The Hall–Kier alpha value is -3.02. The fraction of sp³-hybridized carbons (Fsp3) is 0.176. The number of para-hydroxylation sites is 1. The van der Waals surface area contributed by atoms with E-state index in [0.717, 1.165) is 0 Å². The summed E-state index contributed by atoms with van der Waals surface area (Å²) in [4.78, 5) is 24.9. The summed E-state index contributed by atoms with van der Waals surface area (Å²) in [6.45, 7) is 9.42. The number of hydrogen-bond acceptors (Lipinski definition) is 4. The molecule has 0 aliphatic rings. The van der Waals surface area contributed by atoms with E-state index in [1.807, 2.05) is 6.92 Å². The summed E-state index contributed by atoms with van der Waals surface area (Å²) in [7, 11) is 0. The van der Waals surface area contributed by atoms with Crippen molar-refractivity contribution in [3.63, 3.8) is 0 Å². The molecule has 6 heteroatoms. The van der Waals surface area contributed by atoms with E-state index in [1.165, 1.54) is 4.57 Å². The molecule has 0 saturated heterocycles. The van der Waals surface area contributed by atoms with Gasteiger partial charge in [0.05, 0.1) is 5.52 Å². The highest BCUT2D eigenvalue weighted by Gasteiger charge is 2.21. The summed E-state index contributed by atoms with van der Waals surface area (Å²) < 4.78 is 1.39. The molecule has 1 heterocycles. The van der Waals surface area contributed by atoms with Crippen molar-refractivity contribution in [3.8, 4) is 5.75 Å². The van der Waals surface area contributed by atoms with Crippen LogP contribution in [0.5, 0.6) is 5.75 Å². The Kier molecular flexibility index (Phi) is 4.85. The summed E-state index contributed by atoms with van der Waals surface area (Å²) in [6, 6.07) is 6.84. The minimum absolute atomic E-state index is 0.231. The molecule has 0 aliphatic carbocycles. The van der Waals surface area contributed by atoms with E-state index < -0.39 is 11.5 Å². The lowest BCUT2D eigenvalue weighted by atomic mass is 10.1. The van der Waals surface area contributed by atoms with E-state index in [1.54, 1.807) is 30.3 Å². The van der Waals surface area contributed by atoms with Crippen molar-refractivity contribution in [1.29, 1.82) is 0 Å². The van der Waals surface area contributed by atoms with Gasteiger partial charge in [-0.25, -0.2) is 0 Å². The average Bonchev–Trinajstić information content (AvgIpc) is 2.56. The van der Waals surface area contributed by atoms with E-state index in [9.17, 15) is 14.7 Å². The van der Waals surface area contributed by atoms with Crippen LogP contribution in [0.1, 0.15) is 23.7 Å². The largest absolute Gasteiger partial charge is 0.506 e. The molecule has 1 aromatic carbocycles. The third-order valence-corrected chi connectivity index (χ3v) is 3.46. The monoisotopic (exact) mass is 313 g/mol. The number of amides is 1. The van der Waals surface area contributed by atoms with Crippen molar-refractivity contribution in [2.45, 2.75) is 19.9 Å². The van der Waals surface area contributed by atoms with Crippen LogP contribution in [0.3, 0.4) is 0 Å². The molecule has 0 aliphatic heterocycles. The van der Waals surface area contributed by atoms with Crippen molar-refractivity contribution in [3.05, 3.63) is 65.1 Å². The van der Waals surface area contributed by atoms with Crippen LogP contribution >= 0.6 is 0 Å². The van der Waals surface area contributed by atoms with Gasteiger partial charge in [0.15, 0.2) is 0 Å². The number of carbonyl (C=O) groups excluding carboxylic acids is 1. The Morgan fingerprint density at radius 3 is 2.70 bits per heavy atom. The molecule has 23 heavy (non-hydrogen) atoms. The molecule has 0 spiro atoms. The van der Waals surface area contributed by atoms with Crippen molar-refractivity contribution >= 4 is 16.8 Å². The summed E-state index contributed by atoms with van der Waals surface area (Å²) in [5, 5.41) is 10.8. The number of hydrogen-bond donors (Lipinski definition) is 3. The molecule has 6 nitrogen and oxygen atoms in total. The maximum Gasteiger partial charge on any atom is 0.279 e. The lowest BCUT2D eigenvalue weighted by molar-refractivity contribution is 0.0934. The average molecular weight is 313 g/mol. The third kappa shape index (κ3) is 3.11. The zero-order valence-corrected chi connectivity index (χ0v) is 12.9. The van der Waals surface area contributed by atoms with Crippen LogP contribution in [0.2, 0.25) is 0 Å². The molecule has 3 N–H and O–H groups in total. The molecule has 0 bridgehead atoms. The Morgan fingerprint density at radius 1 is 1.35 bits per heavy atom. The van der Waals surface area contributed by atoms with Crippen LogP contribution in [0.15, 0.2) is 54.0 Å². The second-order valence-electron chi connectivity index (χ2n) is 4.98. The zero-order valence-electron chi connectivity index (χ0n) is 12.9. The first-order valence-electron chi connectivity index (χ1n) is 7.20. The highest BCUT2D eigenvalue weighted by atomic mass is 16.3. The van der Waals surface area contributed by atoms with Crippen LogP contribution in [0, 0.1) is 0 Å². The van der Waals surface area contributed by atoms with Crippen LogP contribution in [-0.4, -0.2) is 15.6 Å². The van der Waals surface area contributed by atoms with Gasteiger partial charge in [-0.2, -0.15) is 0 Å². The minimum Gasteiger partial charge on any atom is -0.506 e. The molecular formula is C17H19N3O3. The van der Waals surface area contributed by atoms with Gasteiger partial charge in [-0.1, -0.05) is 31.7 Å². The van der Waals surface area contributed by atoms with E-state index >= 15 is 0 Å². The van der Waals surface area contributed by atoms with E-state index in [2.05, 4.69) is 24.0 Å². The number of hydrazine groups is 1. The normalized spacial score (nSPS) is 10.3. The topological polar surface area (TPSA) is 83.4 Å². The van der Waals surface area contributed by atoms with E-state index in [0.29, 0.717) is 23.0 Å². The Labute approximate surface area is 133 Å². The van der Waals surface area contributed by atoms with Crippen LogP contribution in [0.4, 0.5) is 0 Å². The van der Waals surface area contributed by atoms with E-state index in [-0.39, 0.29) is 17.9 Å². The second-order valence-corrected chi connectivity index (χ2v) is 4.98. The predicted octanol–water partition coefficient (Wildman–Crippen LogP) is 2.05. The molecule has 120 valence electrons. The molecule has 0 atom stereocenters. The number of nitrogens with one attached hydrogen (secondary N) is 2. The quantitative estimate of drug-likeness (QED) is 0.563. The first kappa shape index (κ1) is 16.4. The second kappa shape index (κ2) is 6.83. The van der Waals surface area contributed by atoms with Gasteiger partial charge < -0.3 is 15.1 Å².